The lowest BCUT2D eigenvalue weighted by molar-refractivity contribution is 0.301. The maximum absolute atomic E-state index is 13.5. The molecule has 1 aliphatic heterocycles. The van der Waals surface area contributed by atoms with Crippen molar-refractivity contribution in [2.24, 2.45) is 10.9 Å². The van der Waals surface area contributed by atoms with Crippen LogP contribution in [-0.4, -0.2) is 53.6 Å². The van der Waals surface area contributed by atoms with Crippen molar-refractivity contribution in [1.29, 1.82) is 0 Å². The third-order valence-electron chi connectivity index (χ3n) is 3.40. The van der Waals surface area contributed by atoms with Gasteiger partial charge >= 0.3 is 0 Å². The first-order chi connectivity index (χ1) is 10.2. The molecule has 0 unspecified atom stereocenters. The Kier molecular flexibility index (Phi) is 6.28. The number of thioether (sulfide) groups is 1. The van der Waals surface area contributed by atoms with Gasteiger partial charge in [-0.1, -0.05) is 5.16 Å². The van der Waals surface area contributed by atoms with Crippen molar-refractivity contribution < 1.29 is 9.60 Å². The van der Waals surface area contributed by atoms with E-state index in [1.807, 2.05) is 11.8 Å². The summed E-state index contributed by atoms with van der Waals surface area (Å²) in [6.07, 6.45) is 0. The highest BCUT2D eigenvalue weighted by Crippen LogP contribution is 2.10. The molecule has 0 aliphatic carbocycles. The van der Waals surface area contributed by atoms with Gasteiger partial charge < -0.3 is 21.2 Å². The Morgan fingerprint density at radius 1 is 1.38 bits per heavy atom. The molecule has 7 heteroatoms. The molecule has 116 valence electrons. The Balaban J connectivity index is 1.81. The number of nitrogens with two attached hydrogens (primary N) is 1. The second-order valence-corrected chi connectivity index (χ2v) is 6.19. The van der Waals surface area contributed by atoms with Gasteiger partial charge in [0.1, 0.15) is 5.82 Å². The maximum Gasteiger partial charge on any atom is 0.170 e. The summed E-state index contributed by atoms with van der Waals surface area (Å²) in [7, 11) is 0. The smallest absolute Gasteiger partial charge is 0.170 e. The number of hydrogen-bond acceptors (Lipinski definition) is 5. The van der Waals surface area contributed by atoms with E-state index in [1.54, 1.807) is 6.07 Å². The van der Waals surface area contributed by atoms with Crippen molar-refractivity contribution in [3.8, 4) is 0 Å². The first kappa shape index (κ1) is 16.1. The molecule has 1 saturated heterocycles. The highest BCUT2D eigenvalue weighted by molar-refractivity contribution is 7.99. The summed E-state index contributed by atoms with van der Waals surface area (Å²) in [4.78, 5) is 2.43. The molecule has 0 amide bonds. The highest BCUT2D eigenvalue weighted by Gasteiger charge is 2.09. The molecule has 1 aromatic carbocycles. The molecular formula is C14H21FN4OS. The third-order valence-corrected chi connectivity index (χ3v) is 4.34. The molecule has 21 heavy (non-hydrogen) atoms. The first-order valence-electron chi connectivity index (χ1n) is 6.97. The molecule has 2 rings (SSSR count). The molecule has 1 heterocycles. The number of rotatable bonds is 6. The van der Waals surface area contributed by atoms with Crippen molar-refractivity contribution in [2.45, 2.75) is 6.54 Å². The van der Waals surface area contributed by atoms with Crippen LogP contribution >= 0.6 is 11.8 Å². The number of amidine groups is 1. The lowest BCUT2D eigenvalue weighted by Gasteiger charge is -2.26. The molecular weight excluding hydrogens is 291 g/mol. The van der Waals surface area contributed by atoms with Gasteiger partial charge in [-0.2, -0.15) is 11.8 Å². The third kappa shape index (κ3) is 5.18. The Bertz CT molecular complexity index is 492. The Hall–Kier alpha value is -1.31. The topological polar surface area (TPSA) is 73.9 Å². The summed E-state index contributed by atoms with van der Waals surface area (Å²) >= 11 is 2.00. The van der Waals surface area contributed by atoms with Gasteiger partial charge in [0.15, 0.2) is 5.84 Å². The van der Waals surface area contributed by atoms with Gasteiger partial charge in [-0.15, -0.1) is 0 Å². The minimum atomic E-state index is -0.385. The van der Waals surface area contributed by atoms with E-state index in [-0.39, 0.29) is 11.7 Å². The average Bonchev–Trinajstić information content (AvgIpc) is 2.51. The van der Waals surface area contributed by atoms with Crippen molar-refractivity contribution in [3.63, 3.8) is 0 Å². The fourth-order valence-corrected chi connectivity index (χ4v) is 3.23. The molecule has 4 N–H and O–H groups in total. The van der Waals surface area contributed by atoms with Gasteiger partial charge in [0, 0.05) is 49.8 Å². The van der Waals surface area contributed by atoms with Gasteiger partial charge in [0.25, 0.3) is 0 Å². The Labute approximate surface area is 128 Å². The van der Waals surface area contributed by atoms with Crippen LogP contribution in [0, 0.1) is 5.82 Å². The fraction of sp³-hybridized carbons (Fsp3) is 0.500. The van der Waals surface area contributed by atoms with Gasteiger partial charge in [0.2, 0.25) is 0 Å². The van der Waals surface area contributed by atoms with Crippen LogP contribution in [0.25, 0.3) is 0 Å². The lowest BCUT2D eigenvalue weighted by Crippen LogP contribution is -2.37. The predicted molar refractivity (Wildman–Crippen MR) is 84.4 cm³/mol. The first-order valence-corrected chi connectivity index (χ1v) is 8.12. The summed E-state index contributed by atoms with van der Waals surface area (Å²) in [5.41, 5.74) is 6.66. The number of benzene rings is 1. The highest BCUT2D eigenvalue weighted by atomic mass is 32.2. The number of nitrogens with one attached hydrogen (secondary N) is 1. The summed E-state index contributed by atoms with van der Waals surface area (Å²) in [5.74, 6) is 1.94. The van der Waals surface area contributed by atoms with E-state index in [9.17, 15) is 4.39 Å². The van der Waals surface area contributed by atoms with Crippen LogP contribution in [0.5, 0.6) is 0 Å². The SMILES string of the molecule is N/C(=N/O)c1cc(F)cc(CNCCN2CCSCC2)c1. The van der Waals surface area contributed by atoms with E-state index in [0.717, 1.165) is 31.7 Å². The summed E-state index contributed by atoms with van der Waals surface area (Å²) in [6.45, 7) is 4.70. The number of oxime groups is 1. The van der Waals surface area contributed by atoms with Crippen molar-refractivity contribution in [3.05, 3.63) is 35.1 Å². The Morgan fingerprint density at radius 3 is 2.86 bits per heavy atom. The second-order valence-electron chi connectivity index (χ2n) is 4.96. The standard InChI is InChI=1S/C14H21FN4OS/c15-13-8-11(7-12(9-13)14(16)18-20)10-17-1-2-19-3-5-21-6-4-19/h7-9,17,20H,1-6,10H2,(H2,16,18). The Morgan fingerprint density at radius 2 is 2.14 bits per heavy atom. The van der Waals surface area contributed by atoms with E-state index in [0.29, 0.717) is 12.1 Å². The van der Waals surface area contributed by atoms with E-state index < -0.39 is 0 Å². The van der Waals surface area contributed by atoms with Crippen LogP contribution < -0.4 is 11.1 Å². The molecule has 5 nitrogen and oxygen atoms in total. The van der Waals surface area contributed by atoms with Gasteiger partial charge in [-0.25, -0.2) is 4.39 Å². The number of hydrogen-bond donors (Lipinski definition) is 3. The van der Waals surface area contributed by atoms with Gasteiger partial charge in [-0.05, 0) is 23.8 Å². The van der Waals surface area contributed by atoms with Crippen molar-refractivity contribution in [1.82, 2.24) is 10.2 Å². The fourth-order valence-electron chi connectivity index (χ4n) is 2.25. The molecule has 0 bridgehead atoms. The zero-order chi connectivity index (χ0) is 15.1. The quantitative estimate of drug-likeness (QED) is 0.241. The predicted octanol–water partition coefficient (Wildman–Crippen LogP) is 1.06. The van der Waals surface area contributed by atoms with Crippen LogP contribution in [0.4, 0.5) is 4.39 Å². The molecule has 1 fully saturated rings. The molecule has 0 radical (unpaired) electrons. The van der Waals surface area contributed by atoms with Gasteiger partial charge in [0.05, 0.1) is 0 Å². The monoisotopic (exact) mass is 312 g/mol. The van der Waals surface area contributed by atoms with E-state index >= 15 is 0 Å². The van der Waals surface area contributed by atoms with Crippen molar-refractivity contribution in [2.75, 3.05) is 37.7 Å². The van der Waals surface area contributed by atoms with Gasteiger partial charge in [-0.3, -0.25) is 0 Å². The van der Waals surface area contributed by atoms with Crippen LogP contribution in [0.2, 0.25) is 0 Å². The molecule has 0 atom stereocenters. The van der Waals surface area contributed by atoms with Crippen molar-refractivity contribution >= 4 is 17.6 Å². The van der Waals surface area contributed by atoms with Crippen LogP contribution in [0.15, 0.2) is 23.4 Å². The van der Waals surface area contributed by atoms with E-state index in [1.165, 1.54) is 23.6 Å². The largest absolute Gasteiger partial charge is 0.409 e. The average molecular weight is 312 g/mol. The number of nitrogens with zero attached hydrogens (tertiary/aromatic N) is 2. The molecule has 0 spiro atoms. The minimum absolute atomic E-state index is 0.0819. The number of halogens is 1. The summed E-state index contributed by atoms with van der Waals surface area (Å²) in [5, 5.41) is 14.8. The second kappa shape index (κ2) is 8.21. The van der Waals surface area contributed by atoms with Crippen LogP contribution in [-0.2, 0) is 6.54 Å². The minimum Gasteiger partial charge on any atom is -0.409 e. The lowest BCUT2D eigenvalue weighted by atomic mass is 10.1. The molecule has 0 saturated carbocycles. The van der Waals surface area contributed by atoms with Crippen LogP contribution in [0.1, 0.15) is 11.1 Å². The van der Waals surface area contributed by atoms with E-state index in [2.05, 4.69) is 15.4 Å². The summed E-state index contributed by atoms with van der Waals surface area (Å²) < 4.78 is 13.5. The molecule has 0 aromatic heterocycles. The molecule has 1 aromatic rings. The van der Waals surface area contributed by atoms with E-state index in [4.69, 9.17) is 10.9 Å². The normalized spacial score (nSPS) is 17.1. The maximum atomic E-state index is 13.5. The van der Waals surface area contributed by atoms with Crippen LogP contribution in [0.3, 0.4) is 0 Å². The summed E-state index contributed by atoms with van der Waals surface area (Å²) in [6, 6.07) is 4.44. The molecule has 1 aliphatic rings. The zero-order valence-corrected chi connectivity index (χ0v) is 12.7. The zero-order valence-electron chi connectivity index (χ0n) is 11.9.